The van der Waals surface area contributed by atoms with Crippen molar-refractivity contribution in [3.05, 3.63) is 22.2 Å². The molecular weight excluding hydrogens is 237 g/mol. The molecule has 1 saturated heterocycles. The van der Waals surface area contributed by atoms with Gasteiger partial charge in [0.15, 0.2) is 0 Å². The van der Waals surface area contributed by atoms with Crippen LogP contribution in [0.2, 0.25) is 10.4 Å². The number of hydrogen-bond acceptors (Lipinski definition) is 4. The molecule has 82 valence electrons. The first-order chi connectivity index (χ1) is 7.25. The van der Waals surface area contributed by atoms with E-state index in [0.29, 0.717) is 5.15 Å². The predicted octanol–water partition coefficient (Wildman–Crippen LogP) is 1.62. The number of aromatic nitrogens is 2. The molecule has 2 heterocycles. The van der Waals surface area contributed by atoms with E-state index >= 15 is 0 Å². The molecule has 1 aromatic heterocycles. The lowest BCUT2D eigenvalue weighted by Crippen LogP contribution is -2.35. The molecule has 6 heteroatoms. The lowest BCUT2D eigenvalue weighted by molar-refractivity contribution is 0.0341. The van der Waals surface area contributed by atoms with Gasteiger partial charge in [-0.1, -0.05) is 11.6 Å². The Hall–Kier alpha value is -0.420. The summed E-state index contributed by atoms with van der Waals surface area (Å²) in [5.41, 5.74) is 0.906. The van der Waals surface area contributed by atoms with Crippen LogP contribution in [-0.2, 0) is 11.3 Å². The number of morpholine rings is 1. The van der Waals surface area contributed by atoms with Crippen molar-refractivity contribution in [2.24, 2.45) is 0 Å². The molecule has 2 rings (SSSR count). The van der Waals surface area contributed by atoms with Crippen LogP contribution in [0, 0.1) is 0 Å². The van der Waals surface area contributed by atoms with Gasteiger partial charge in [0.25, 0.3) is 0 Å². The predicted molar refractivity (Wildman–Crippen MR) is 58.1 cm³/mol. The molecule has 1 fully saturated rings. The van der Waals surface area contributed by atoms with Crippen molar-refractivity contribution in [1.29, 1.82) is 0 Å². The molecule has 0 atom stereocenters. The van der Waals surface area contributed by atoms with E-state index in [9.17, 15) is 0 Å². The second-order valence-corrected chi connectivity index (χ2v) is 4.04. The third kappa shape index (κ3) is 3.01. The van der Waals surface area contributed by atoms with E-state index in [0.717, 1.165) is 38.4 Å². The lowest BCUT2D eigenvalue weighted by atomic mass is 10.3. The van der Waals surface area contributed by atoms with E-state index in [4.69, 9.17) is 27.9 Å². The highest BCUT2D eigenvalue weighted by molar-refractivity contribution is 6.32. The van der Waals surface area contributed by atoms with Crippen LogP contribution in [0.4, 0.5) is 0 Å². The molecule has 1 aromatic rings. The van der Waals surface area contributed by atoms with Gasteiger partial charge >= 0.3 is 0 Å². The molecule has 1 aliphatic heterocycles. The number of hydrogen-bond donors (Lipinski definition) is 0. The largest absolute Gasteiger partial charge is 0.379 e. The molecule has 0 bridgehead atoms. The van der Waals surface area contributed by atoms with Crippen molar-refractivity contribution in [1.82, 2.24) is 14.9 Å². The fourth-order valence-corrected chi connectivity index (χ4v) is 1.84. The van der Waals surface area contributed by atoms with Crippen LogP contribution < -0.4 is 0 Å². The zero-order valence-electron chi connectivity index (χ0n) is 8.12. The summed E-state index contributed by atoms with van der Waals surface area (Å²) in [7, 11) is 0. The van der Waals surface area contributed by atoms with E-state index in [2.05, 4.69) is 14.9 Å². The Morgan fingerprint density at radius 1 is 1.33 bits per heavy atom. The summed E-state index contributed by atoms with van der Waals surface area (Å²) in [4.78, 5) is 10.1. The van der Waals surface area contributed by atoms with Gasteiger partial charge in [-0.15, -0.1) is 0 Å². The van der Waals surface area contributed by atoms with Gasteiger partial charge < -0.3 is 4.74 Å². The maximum Gasteiger partial charge on any atom is 0.223 e. The molecule has 0 amide bonds. The average Bonchev–Trinajstić information content (AvgIpc) is 2.24. The molecule has 0 radical (unpaired) electrons. The van der Waals surface area contributed by atoms with Crippen molar-refractivity contribution in [3.8, 4) is 0 Å². The Labute approximate surface area is 98.2 Å². The minimum atomic E-state index is 0.186. The van der Waals surface area contributed by atoms with Gasteiger partial charge in [-0.05, 0) is 11.6 Å². The van der Waals surface area contributed by atoms with Gasteiger partial charge in [0, 0.05) is 31.4 Å². The molecule has 0 saturated carbocycles. The average molecular weight is 248 g/mol. The van der Waals surface area contributed by atoms with Gasteiger partial charge in [-0.25, -0.2) is 9.97 Å². The standard InChI is InChI=1S/C9H11Cl2N3O/c10-8-7(5-12-9(11)13-8)6-14-1-3-15-4-2-14/h5H,1-4,6H2. The summed E-state index contributed by atoms with van der Waals surface area (Å²) in [6, 6.07) is 0. The van der Waals surface area contributed by atoms with Crippen molar-refractivity contribution in [2.75, 3.05) is 26.3 Å². The zero-order valence-corrected chi connectivity index (χ0v) is 9.63. The van der Waals surface area contributed by atoms with Gasteiger partial charge in [-0.3, -0.25) is 4.90 Å². The third-order valence-electron chi connectivity index (χ3n) is 2.28. The van der Waals surface area contributed by atoms with Gasteiger partial charge in [0.2, 0.25) is 5.28 Å². The monoisotopic (exact) mass is 247 g/mol. The minimum Gasteiger partial charge on any atom is -0.379 e. The van der Waals surface area contributed by atoms with Gasteiger partial charge in [0.05, 0.1) is 13.2 Å². The van der Waals surface area contributed by atoms with E-state index in [1.165, 1.54) is 0 Å². The summed E-state index contributed by atoms with van der Waals surface area (Å²) in [5.74, 6) is 0. The minimum absolute atomic E-state index is 0.186. The summed E-state index contributed by atoms with van der Waals surface area (Å²) >= 11 is 11.6. The van der Waals surface area contributed by atoms with Crippen molar-refractivity contribution in [3.63, 3.8) is 0 Å². The van der Waals surface area contributed by atoms with Crippen LogP contribution in [0.5, 0.6) is 0 Å². The Bertz CT molecular complexity index is 342. The molecule has 0 unspecified atom stereocenters. The SMILES string of the molecule is Clc1ncc(CN2CCOCC2)c(Cl)n1. The maximum atomic E-state index is 5.96. The van der Waals surface area contributed by atoms with Gasteiger partial charge in [0.1, 0.15) is 5.15 Å². The van der Waals surface area contributed by atoms with Crippen LogP contribution in [0.1, 0.15) is 5.56 Å². The first-order valence-electron chi connectivity index (χ1n) is 4.73. The van der Waals surface area contributed by atoms with Gasteiger partial charge in [-0.2, -0.15) is 0 Å². The maximum absolute atomic E-state index is 5.96. The third-order valence-corrected chi connectivity index (χ3v) is 2.79. The Balaban J connectivity index is 2.03. The molecule has 1 aliphatic rings. The number of ether oxygens (including phenoxy) is 1. The Morgan fingerprint density at radius 2 is 2.07 bits per heavy atom. The first-order valence-corrected chi connectivity index (χ1v) is 5.48. The van der Waals surface area contributed by atoms with E-state index < -0.39 is 0 Å². The summed E-state index contributed by atoms with van der Waals surface area (Å²) in [6.07, 6.45) is 1.67. The van der Waals surface area contributed by atoms with Crippen LogP contribution in [-0.4, -0.2) is 41.2 Å². The summed E-state index contributed by atoms with van der Waals surface area (Å²) < 4.78 is 5.26. The Morgan fingerprint density at radius 3 is 2.73 bits per heavy atom. The topological polar surface area (TPSA) is 38.2 Å². The van der Waals surface area contributed by atoms with Crippen molar-refractivity contribution in [2.45, 2.75) is 6.54 Å². The number of rotatable bonds is 2. The fourth-order valence-electron chi connectivity index (χ4n) is 1.47. The normalized spacial score (nSPS) is 18.0. The highest BCUT2D eigenvalue weighted by Gasteiger charge is 2.13. The highest BCUT2D eigenvalue weighted by Crippen LogP contribution is 2.16. The van der Waals surface area contributed by atoms with E-state index in [1.807, 2.05) is 0 Å². The Kier molecular flexibility index (Phi) is 3.75. The molecule has 0 aliphatic carbocycles. The van der Waals surface area contributed by atoms with Crippen molar-refractivity contribution < 1.29 is 4.74 Å². The molecular formula is C9H11Cl2N3O. The smallest absolute Gasteiger partial charge is 0.223 e. The lowest BCUT2D eigenvalue weighted by Gasteiger charge is -2.26. The quantitative estimate of drug-likeness (QED) is 0.588. The molecule has 15 heavy (non-hydrogen) atoms. The second-order valence-electron chi connectivity index (χ2n) is 3.34. The van der Waals surface area contributed by atoms with E-state index in [-0.39, 0.29) is 5.28 Å². The fraction of sp³-hybridized carbons (Fsp3) is 0.556. The van der Waals surface area contributed by atoms with Crippen molar-refractivity contribution >= 4 is 23.2 Å². The molecule has 0 aromatic carbocycles. The molecule has 4 nitrogen and oxygen atoms in total. The second kappa shape index (κ2) is 5.07. The van der Waals surface area contributed by atoms with Crippen LogP contribution in [0.25, 0.3) is 0 Å². The molecule has 0 spiro atoms. The van der Waals surface area contributed by atoms with E-state index in [1.54, 1.807) is 6.20 Å². The first kappa shape index (κ1) is 11.1. The molecule has 0 N–H and O–H groups in total. The summed E-state index contributed by atoms with van der Waals surface area (Å²) in [6.45, 7) is 4.12. The summed E-state index contributed by atoms with van der Waals surface area (Å²) in [5, 5.41) is 0.618. The number of halogens is 2. The van der Waals surface area contributed by atoms with Crippen LogP contribution >= 0.6 is 23.2 Å². The number of nitrogens with zero attached hydrogens (tertiary/aromatic N) is 3. The zero-order chi connectivity index (χ0) is 10.7. The highest BCUT2D eigenvalue weighted by atomic mass is 35.5. The van der Waals surface area contributed by atoms with Crippen LogP contribution in [0.15, 0.2) is 6.20 Å². The van der Waals surface area contributed by atoms with Crippen LogP contribution in [0.3, 0.4) is 0 Å².